The van der Waals surface area contributed by atoms with Gasteiger partial charge in [-0.2, -0.15) is 0 Å². The Morgan fingerprint density at radius 2 is 2.20 bits per heavy atom. The van der Waals surface area contributed by atoms with Crippen LogP contribution in [0.1, 0.15) is 21.5 Å². The van der Waals surface area contributed by atoms with Gasteiger partial charge in [-0.1, -0.05) is 22.0 Å². The average Bonchev–Trinajstić information content (AvgIpc) is 2.44. The lowest BCUT2D eigenvalue weighted by Gasteiger charge is -2.09. The van der Waals surface area contributed by atoms with E-state index in [0.29, 0.717) is 18.0 Å². The number of methoxy groups -OCH3 is 1. The van der Waals surface area contributed by atoms with Crippen molar-refractivity contribution >= 4 is 21.8 Å². The van der Waals surface area contributed by atoms with Crippen LogP contribution in [0.25, 0.3) is 0 Å². The van der Waals surface area contributed by atoms with E-state index in [-0.39, 0.29) is 5.91 Å². The van der Waals surface area contributed by atoms with Gasteiger partial charge in [0.15, 0.2) is 0 Å². The molecule has 1 N–H and O–H groups in total. The molecule has 1 aromatic heterocycles. The number of carbonyl (C=O) groups excluding carboxylic acids is 1. The molecule has 0 aliphatic rings. The van der Waals surface area contributed by atoms with E-state index in [0.717, 1.165) is 15.6 Å². The first-order valence-electron chi connectivity index (χ1n) is 6.13. The predicted octanol–water partition coefficient (Wildman–Crippen LogP) is 3.09. The standard InChI is InChI=1S/C15H15BrN2O2/c1-10-6-12(8-13(16)7-10)14(19)18-9-11-4-3-5-17-15(11)20-2/h3-8H,9H2,1-2H3,(H,18,19). The molecule has 0 atom stereocenters. The van der Waals surface area contributed by atoms with E-state index in [4.69, 9.17) is 4.74 Å². The number of aryl methyl sites for hydroxylation is 1. The fraction of sp³-hybridized carbons (Fsp3) is 0.200. The van der Waals surface area contributed by atoms with E-state index in [1.807, 2.05) is 31.2 Å². The highest BCUT2D eigenvalue weighted by molar-refractivity contribution is 9.10. The van der Waals surface area contributed by atoms with E-state index in [9.17, 15) is 4.79 Å². The highest BCUT2D eigenvalue weighted by Gasteiger charge is 2.09. The fourth-order valence-corrected chi connectivity index (χ4v) is 2.50. The number of nitrogens with zero attached hydrogens (tertiary/aromatic N) is 1. The molecule has 0 radical (unpaired) electrons. The molecule has 2 rings (SSSR count). The highest BCUT2D eigenvalue weighted by atomic mass is 79.9. The number of aromatic nitrogens is 1. The molecular weight excluding hydrogens is 320 g/mol. The molecule has 1 amide bonds. The minimum atomic E-state index is -0.125. The molecule has 4 nitrogen and oxygen atoms in total. The van der Waals surface area contributed by atoms with Gasteiger partial charge in [0.25, 0.3) is 5.91 Å². The topological polar surface area (TPSA) is 51.2 Å². The Balaban J connectivity index is 2.08. The Hall–Kier alpha value is -1.88. The number of hydrogen-bond acceptors (Lipinski definition) is 3. The summed E-state index contributed by atoms with van der Waals surface area (Å²) in [6, 6.07) is 9.29. The molecule has 1 heterocycles. The van der Waals surface area contributed by atoms with Crippen molar-refractivity contribution in [1.82, 2.24) is 10.3 Å². The van der Waals surface area contributed by atoms with Gasteiger partial charge in [-0.25, -0.2) is 4.98 Å². The zero-order valence-electron chi connectivity index (χ0n) is 11.3. The number of benzene rings is 1. The summed E-state index contributed by atoms with van der Waals surface area (Å²) < 4.78 is 6.04. The van der Waals surface area contributed by atoms with E-state index in [1.54, 1.807) is 19.4 Å². The minimum Gasteiger partial charge on any atom is -0.481 e. The van der Waals surface area contributed by atoms with Gasteiger partial charge < -0.3 is 10.1 Å². The Kier molecular flexibility index (Phi) is 4.74. The molecule has 0 bridgehead atoms. The zero-order chi connectivity index (χ0) is 14.5. The van der Waals surface area contributed by atoms with Crippen LogP contribution in [0.4, 0.5) is 0 Å². The first-order valence-corrected chi connectivity index (χ1v) is 6.92. The normalized spacial score (nSPS) is 10.2. The molecule has 0 unspecified atom stereocenters. The average molecular weight is 335 g/mol. The molecule has 0 saturated heterocycles. The van der Waals surface area contributed by atoms with Gasteiger partial charge in [-0.15, -0.1) is 0 Å². The van der Waals surface area contributed by atoms with Crippen LogP contribution in [0.5, 0.6) is 5.88 Å². The summed E-state index contributed by atoms with van der Waals surface area (Å²) in [6.45, 7) is 2.33. The molecule has 1 aromatic carbocycles. The summed E-state index contributed by atoms with van der Waals surface area (Å²) in [4.78, 5) is 16.2. The Bertz CT molecular complexity index is 609. The van der Waals surface area contributed by atoms with Crippen molar-refractivity contribution in [1.29, 1.82) is 0 Å². The van der Waals surface area contributed by atoms with E-state index < -0.39 is 0 Å². The van der Waals surface area contributed by atoms with E-state index in [2.05, 4.69) is 26.2 Å². The van der Waals surface area contributed by atoms with Crippen molar-refractivity contribution in [2.75, 3.05) is 7.11 Å². The lowest BCUT2D eigenvalue weighted by atomic mass is 10.1. The summed E-state index contributed by atoms with van der Waals surface area (Å²) in [7, 11) is 1.56. The molecule has 5 heteroatoms. The third kappa shape index (κ3) is 3.57. The molecule has 0 aliphatic heterocycles. The monoisotopic (exact) mass is 334 g/mol. The number of carbonyl (C=O) groups is 1. The number of halogens is 1. The van der Waals surface area contributed by atoms with Gasteiger partial charge in [0.2, 0.25) is 5.88 Å². The van der Waals surface area contributed by atoms with Crippen molar-refractivity contribution in [3.05, 3.63) is 57.7 Å². The van der Waals surface area contributed by atoms with Crippen LogP contribution in [0.15, 0.2) is 41.0 Å². The summed E-state index contributed by atoms with van der Waals surface area (Å²) >= 11 is 3.39. The first-order chi connectivity index (χ1) is 9.60. The van der Waals surface area contributed by atoms with Crippen molar-refractivity contribution in [2.24, 2.45) is 0 Å². The molecule has 2 aromatic rings. The Morgan fingerprint density at radius 1 is 1.40 bits per heavy atom. The molecule has 0 spiro atoms. The smallest absolute Gasteiger partial charge is 0.251 e. The van der Waals surface area contributed by atoms with Crippen LogP contribution in [0, 0.1) is 6.92 Å². The van der Waals surface area contributed by atoms with Gasteiger partial charge in [-0.05, 0) is 36.8 Å². The molecule has 0 fully saturated rings. The maximum atomic E-state index is 12.1. The number of pyridine rings is 1. The SMILES string of the molecule is COc1ncccc1CNC(=O)c1cc(C)cc(Br)c1. The van der Waals surface area contributed by atoms with Crippen LogP contribution in [-0.4, -0.2) is 18.0 Å². The minimum absolute atomic E-state index is 0.125. The van der Waals surface area contributed by atoms with Gasteiger partial charge in [-0.3, -0.25) is 4.79 Å². The molecule has 104 valence electrons. The van der Waals surface area contributed by atoms with Crippen LogP contribution < -0.4 is 10.1 Å². The van der Waals surface area contributed by atoms with Gasteiger partial charge in [0, 0.05) is 28.3 Å². The van der Waals surface area contributed by atoms with Crippen LogP contribution in [0.2, 0.25) is 0 Å². The van der Waals surface area contributed by atoms with Gasteiger partial charge >= 0.3 is 0 Å². The fourth-order valence-electron chi connectivity index (χ4n) is 1.89. The number of ether oxygens (including phenoxy) is 1. The van der Waals surface area contributed by atoms with E-state index >= 15 is 0 Å². The lowest BCUT2D eigenvalue weighted by Crippen LogP contribution is -2.23. The highest BCUT2D eigenvalue weighted by Crippen LogP contribution is 2.16. The van der Waals surface area contributed by atoms with Crippen LogP contribution in [-0.2, 0) is 6.54 Å². The zero-order valence-corrected chi connectivity index (χ0v) is 12.9. The second-order valence-electron chi connectivity index (χ2n) is 4.37. The number of rotatable bonds is 4. The largest absolute Gasteiger partial charge is 0.481 e. The maximum Gasteiger partial charge on any atom is 0.251 e. The van der Waals surface area contributed by atoms with E-state index in [1.165, 1.54) is 0 Å². The third-order valence-corrected chi connectivity index (χ3v) is 3.24. The van der Waals surface area contributed by atoms with Crippen LogP contribution >= 0.6 is 15.9 Å². The van der Waals surface area contributed by atoms with Gasteiger partial charge in [0.1, 0.15) is 0 Å². The summed E-state index contributed by atoms with van der Waals surface area (Å²) in [5, 5.41) is 2.86. The van der Waals surface area contributed by atoms with Gasteiger partial charge in [0.05, 0.1) is 7.11 Å². The van der Waals surface area contributed by atoms with Crippen molar-refractivity contribution in [3.63, 3.8) is 0 Å². The summed E-state index contributed by atoms with van der Waals surface area (Å²) in [5.74, 6) is 0.401. The number of amides is 1. The number of nitrogens with one attached hydrogen (secondary N) is 1. The van der Waals surface area contributed by atoms with Crippen molar-refractivity contribution in [3.8, 4) is 5.88 Å². The quantitative estimate of drug-likeness (QED) is 0.934. The second-order valence-corrected chi connectivity index (χ2v) is 5.29. The van der Waals surface area contributed by atoms with Crippen molar-refractivity contribution in [2.45, 2.75) is 13.5 Å². The summed E-state index contributed by atoms with van der Waals surface area (Å²) in [5.41, 5.74) is 2.50. The predicted molar refractivity (Wildman–Crippen MR) is 80.8 cm³/mol. The van der Waals surface area contributed by atoms with Crippen molar-refractivity contribution < 1.29 is 9.53 Å². The molecular formula is C15H15BrN2O2. The Morgan fingerprint density at radius 3 is 2.90 bits per heavy atom. The first kappa shape index (κ1) is 14.5. The molecule has 0 saturated carbocycles. The third-order valence-electron chi connectivity index (χ3n) is 2.79. The molecule has 20 heavy (non-hydrogen) atoms. The summed E-state index contributed by atoms with van der Waals surface area (Å²) in [6.07, 6.45) is 1.65. The molecule has 0 aliphatic carbocycles. The second kappa shape index (κ2) is 6.52. The maximum absolute atomic E-state index is 12.1. The Labute approximate surface area is 126 Å². The number of hydrogen-bond donors (Lipinski definition) is 1. The lowest BCUT2D eigenvalue weighted by molar-refractivity contribution is 0.0950. The van der Waals surface area contributed by atoms with Crippen LogP contribution in [0.3, 0.4) is 0 Å².